The molecule has 0 radical (unpaired) electrons. The van der Waals surface area contributed by atoms with Crippen LogP contribution in [0.2, 0.25) is 0 Å². The number of aliphatic hydroxyl groups excluding tert-OH is 1. The van der Waals surface area contributed by atoms with E-state index in [9.17, 15) is 24.3 Å². The van der Waals surface area contributed by atoms with Gasteiger partial charge in [0, 0.05) is 18.5 Å². The summed E-state index contributed by atoms with van der Waals surface area (Å²) in [6, 6.07) is 7.12. The molecule has 41 heavy (non-hydrogen) atoms. The highest BCUT2D eigenvalue weighted by Gasteiger charge is 2.74. The predicted molar refractivity (Wildman–Crippen MR) is 149 cm³/mol. The van der Waals surface area contributed by atoms with Crippen LogP contribution in [0.4, 0.5) is 0 Å². The number of rotatable bonds is 3. The zero-order valence-electron chi connectivity index (χ0n) is 24.0. The molecule has 0 saturated carbocycles. The predicted octanol–water partition coefficient (Wildman–Crippen LogP) is 1.90. The van der Waals surface area contributed by atoms with Crippen LogP contribution in [-0.4, -0.2) is 87.7 Å². The zero-order valence-corrected chi connectivity index (χ0v) is 24.0. The molecule has 7 atom stereocenters. The number of benzene rings is 1. The van der Waals surface area contributed by atoms with Crippen LogP contribution in [0, 0.1) is 11.8 Å². The summed E-state index contributed by atoms with van der Waals surface area (Å²) < 4.78 is 12.2. The van der Waals surface area contributed by atoms with Gasteiger partial charge in [-0.05, 0) is 39.7 Å². The summed E-state index contributed by atoms with van der Waals surface area (Å²) in [4.78, 5) is 58.1. The van der Waals surface area contributed by atoms with Gasteiger partial charge >= 0.3 is 5.97 Å². The maximum absolute atomic E-state index is 14.7. The minimum absolute atomic E-state index is 0.137. The number of carbonyl (C=O) groups is 4. The first-order chi connectivity index (χ1) is 19.5. The number of carbonyl (C=O) groups excluding carboxylic acids is 4. The van der Waals surface area contributed by atoms with Crippen LogP contribution in [0.1, 0.15) is 52.1 Å². The Morgan fingerprint density at radius 1 is 1.10 bits per heavy atom. The maximum atomic E-state index is 14.7. The topological polar surface area (TPSA) is 125 Å². The third-order valence-electron chi connectivity index (χ3n) is 8.48. The molecular weight excluding hydrogens is 526 g/mol. The van der Waals surface area contributed by atoms with Crippen LogP contribution in [-0.2, 0) is 28.7 Å². The SMILES string of the molecule is C[C@@H]1CNC(=O)CC/C=C\CN(C(C)(C)C)C(=O)[C@@H]2N([C@H](CO)c3ccccc3)C(=O)[C@H]3[C@H](C(=O)O1)[C@@H]1C=C[C@]23O1. The number of nitrogens with zero attached hydrogens (tertiary/aromatic N) is 2. The molecule has 3 amide bonds. The molecule has 2 N–H and O–H groups in total. The number of aliphatic hydroxyl groups is 1. The van der Waals surface area contributed by atoms with Crippen molar-refractivity contribution in [2.24, 2.45) is 11.8 Å². The molecular formula is C31H39N3O7. The second-order valence-electron chi connectivity index (χ2n) is 12.2. The van der Waals surface area contributed by atoms with Crippen molar-refractivity contribution >= 4 is 23.7 Å². The number of likely N-dealkylation sites (tertiary alicyclic amines) is 1. The van der Waals surface area contributed by atoms with E-state index in [1.807, 2.05) is 51.1 Å². The van der Waals surface area contributed by atoms with Gasteiger partial charge in [0.15, 0.2) is 0 Å². The van der Waals surface area contributed by atoms with E-state index in [1.165, 1.54) is 4.90 Å². The Balaban J connectivity index is 1.64. The maximum Gasteiger partial charge on any atom is 0.313 e. The summed E-state index contributed by atoms with van der Waals surface area (Å²) >= 11 is 0. The van der Waals surface area contributed by atoms with Crippen LogP contribution >= 0.6 is 0 Å². The largest absolute Gasteiger partial charge is 0.460 e. The quantitative estimate of drug-likeness (QED) is 0.424. The number of nitrogens with one attached hydrogen (secondary N) is 1. The van der Waals surface area contributed by atoms with Crippen LogP contribution in [0.15, 0.2) is 54.6 Å². The van der Waals surface area contributed by atoms with Gasteiger partial charge in [0.05, 0.1) is 31.2 Å². The first-order valence-corrected chi connectivity index (χ1v) is 14.3. The lowest BCUT2D eigenvalue weighted by Crippen LogP contribution is -2.60. The highest BCUT2D eigenvalue weighted by Crippen LogP contribution is 2.57. The van der Waals surface area contributed by atoms with Gasteiger partial charge in [-0.15, -0.1) is 0 Å². The fraction of sp³-hybridized carbons (Fsp3) is 0.548. The third-order valence-corrected chi connectivity index (χ3v) is 8.48. The average Bonchev–Trinajstić information content (AvgIpc) is 3.57. The van der Waals surface area contributed by atoms with Gasteiger partial charge in [0.2, 0.25) is 17.7 Å². The van der Waals surface area contributed by atoms with E-state index in [0.29, 0.717) is 12.0 Å². The fourth-order valence-electron chi connectivity index (χ4n) is 6.54. The van der Waals surface area contributed by atoms with Gasteiger partial charge in [-0.2, -0.15) is 0 Å². The van der Waals surface area contributed by atoms with E-state index in [2.05, 4.69) is 5.32 Å². The number of esters is 1. The highest BCUT2D eigenvalue weighted by atomic mass is 16.6. The van der Waals surface area contributed by atoms with Crippen molar-refractivity contribution in [2.45, 2.75) is 76.0 Å². The molecule has 0 unspecified atom stereocenters. The van der Waals surface area contributed by atoms with E-state index in [-0.39, 0.29) is 31.3 Å². The lowest BCUT2D eigenvalue weighted by molar-refractivity contribution is -0.160. The standard InChI is InChI=1S/C31H39N3O7/c1-19-17-32-23(36)13-9-6-10-16-33(30(2,3)4)28(38)26-31-15-14-22(41-31)24(29(39)40-19)25(31)27(37)34(26)21(18-35)20-11-7-5-8-12-20/h5-8,10-12,14-15,19,21-22,24-26,35H,9,13,16-18H2,1-4H3,(H,32,36)/b10-6-/t19-,21-,22+,24-,25-,26+,31-/m1/s1. The number of hydrogen-bond acceptors (Lipinski definition) is 7. The highest BCUT2D eigenvalue weighted by molar-refractivity contribution is 5.99. The molecule has 4 aliphatic heterocycles. The molecule has 2 fully saturated rings. The number of allylic oxidation sites excluding steroid dienone is 1. The van der Waals surface area contributed by atoms with Crippen molar-refractivity contribution in [3.05, 3.63) is 60.2 Å². The Bertz CT molecular complexity index is 1260. The van der Waals surface area contributed by atoms with Gasteiger partial charge in [-0.1, -0.05) is 54.6 Å². The molecule has 4 heterocycles. The summed E-state index contributed by atoms with van der Waals surface area (Å²) in [5, 5.41) is 13.4. The lowest BCUT2D eigenvalue weighted by Gasteiger charge is -2.43. The minimum Gasteiger partial charge on any atom is -0.460 e. The van der Waals surface area contributed by atoms with Gasteiger partial charge in [-0.25, -0.2) is 0 Å². The van der Waals surface area contributed by atoms with Crippen LogP contribution < -0.4 is 5.32 Å². The molecule has 0 aliphatic carbocycles. The van der Waals surface area contributed by atoms with E-state index in [4.69, 9.17) is 9.47 Å². The van der Waals surface area contributed by atoms with E-state index in [0.717, 1.165) is 0 Å². The first-order valence-electron chi connectivity index (χ1n) is 14.3. The van der Waals surface area contributed by atoms with E-state index < -0.39 is 65.8 Å². The molecule has 5 bridgehead atoms. The van der Waals surface area contributed by atoms with Gasteiger partial charge in [0.1, 0.15) is 23.7 Å². The van der Waals surface area contributed by atoms with Gasteiger partial charge in [-0.3, -0.25) is 19.2 Å². The number of fused-ring (bicyclic) bond motifs is 2. The van der Waals surface area contributed by atoms with Crippen LogP contribution in [0.5, 0.6) is 0 Å². The third kappa shape index (κ3) is 5.08. The molecule has 2 saturated heterocycles. The summed E-state index contributed by atoms with van der Waals surface area (Å²) in [7, 11) is 0. The Morgan fingerprint density at radius 2 is 1.83 bits per heavy atom. The Labute approximate surface area is 240 Å². The Kier molecular flexibility index (Phi) is 7.82. The fourth-order valence-corrected chi connectivity index (χ4v) is 6.54. The Morgan fingerprint density at radius 3 is 2.51 bits per heavy atom. The van der Waals surface area contributed by atoms with E-state index >= 15 is 0 Å². The normalized spacial score (nSPS) is 33.9. The molecule has 10 nitrogen and oxygen atoms in total. The van der Waals surface area contributed by atoms with Gasteiger partial charge in [0.25, 0.3) is 0 Å². The minimum atomic E-state index is -1.40. The van der Waals surface area contributed by atoms with Crippen LogP contribution in [0.3, 0.4) is 0 Å². The summed E-state index contributed by atoms with van der Waals surface area (Å²) in [5.74, 6) is -3.55. The summed E-state index contributed by atoms with van der Waals surface area (Å²) in [5.41, 5.74) is -1.37. The summed E-state index contributed by atoms with van der Waals surface area (Å²) in [6.07, 6.45) is 6.57. The second kappa shape index (κ2) is 11.1. The molecule has 1 spiro atoms. The first kappa shape index (κ1) is 29.0. The van der Waals surface area contributed by atoms with E-state index in [1.54, 1.807) is 36.1 Å². The molecule has 1 aromatic rings. The second-order valence-corrected chi connectivity index (χ2v) is 12.2. The monoisotopic (exact) mass is 565 g/mol. The summed E-state index contributed by atoms with van der Waals surface area (Å²) in [6.45, 7) is 7.38. The van der Waals surface area contributed by atoms with Gasteiger partial charge < -0.3 is 29.7 Å². The van der Waals surface area contributed by atoms with Crippen molar-refractivity contribution in [1.82, 2.24) is 15.1 Å². The number of cyclic esters (lactones) is 1. The van der Waals surface area contributed by atoms with Crippen molar-refractivity contribution in [2.75, 3.05) is 19.7 Å². The molecule has 4 aliphatic rings. The van der Waals surface area contributed by atoms with Crippen molar-refractivity contribution in [3.63, 3.8) is 0 Å². The molecule has 0 aromatic heterocycles. The van der Waals surface area contributed by atoms with Crippen molar-refractivity contribution in [3.8, 4) is 0 Å². The number of amides is 3. The lowest BCUT2D eigenvalue weighted by atomic mass is 9.74. The molecule has 10 heteroatoms. The average molecular weight is 566 g/mol. The zero-order chi connectivity index (χ0) is 29.5. The van der Waals surface area contributed by atoms with Crippen LogP contribution in [0.25, 0.3) is 0 Å². The Hall–Kier alpha value is -3.50. The van der Waals surface area contributed by atoms with Crippen molar-refractivity contribution < 1.29 is 33.8 Å². The van der Waals surface area contributed by atoms with Crippen molar-refractivity contribution in [1.29, 1.82) is 0 Å². The molecule has 5 rings (SSSR count). The number of hydrogen-bond donors (Lipinski definition) is 2. The number of ether oxygens (including phenoxy) is 2. The molecule has 1 aromatic carbocycles. The molecule has 220 valence electrons. The smallest absolute Gasteiger partial charge is 0.313 e.